The standard InChI is InChI=1S/C29H34N6O2S/c1-20-9-7-10-21(2)27(20)23-17-22(3)28-26(18-23)32-33-29(31-28)30-24-11-8-12-25(19-24)38(36,37)34(4)15-16-35-13-5-6-14-35/h7-12,17-19H,5-6,13-16H2,1-4H3,(H,30,31,33). The van der Waals surface area contributed by atoms with E-state index in [0.29, 0.717) is 23.7 Å². The number of hydrogen-bond donors (Lipinski definition) is 1. The van der Waals surface area contributed by atoms with Crippen LogP contribution in [0.25, 0.3) is 22.2 Å². The minimum Gasteiger partial charge on any atom is -0.323 e. The third-order valence-electron chi connectivity index (χ3n) is 7.25. The highest BCUT2D eigenvalue weighted by molar-refractivity contribution is 7.89. The number of hydrogen-bond acceptors (Lipinski definition) is 7. The second-order valence-corrected chi connectivity index (χ2v) is 12.1. The smallest absolute Gasteiger partial charge is 0.247 e. The van der Waals surface area contributed by atoms with Gasteiger partial charge in [-0.2, -0.15) is 4.31 Å². The van der Waals surface area contributed by atoms with Gasteiger partial charge in [-0.25, -0.2) is 13.4 Å². The van der Waals surface area contributed by atoms with Crippen molar-refractivity contribution in [2.75, 3.05) is 38.5 Å². The van der Waals surface area contributed by atoms with Crippen molar-refractivity contribution in [2.45, 2.75) is 38.5 Å². The first-order valence-electron chi connectivity index (χ1n) is 13.0. The Morgan fingerprint density at radius 3 is 2.37 bits per heavy atom. The number of likely N-dealkylation sites (tertiary alicyclic amines) is 1. The minimum absolute atomic E-state index is 0.231. The van der Waals surface area contributed by atoms with Gasteiger partial charge in [-0.3, -0.25) is 0 Å². The van der Waals surface area contributed by atoms with E-state index in [1.165, 1.54) is 33.8 Å². The van der Waals surface area contributed by atoms with E-state index in [0.717, 1.165) is 36.3 Å². The molecule has 0 aliphatic carbocycles. The number of rotatable bonds is 8. The van der Waals surface area contributed by atoms with Crippen LogP contribution in [0.4, 0.5) is 11.6 Å². The molecule has 198 valence electrons. The SMILES string of the molecule is Cc1cccc(C)c1-c1cc(C)c2nc(Nc3cccc(S(=O)(=O)N(C)CCN4CCCC4)c3)nnc2c1. The summed E-state index contributed by atoms with van der Waals surface area (Å²) < 4.78 is 27.8. The van der Waals surface area contributed by atoms with Gasteiger partial charge in [0.2, 0.25) is 16.0 Å². The molecule has 4 aromatic rings. The summed E-state index contributed by atoms with van der Waals surface area (Å²) in [5.74, 6) is 0.317. The number of benzene rings is 3. The number of aromatic nitrogens is 3. The fourth-order valence-corrected chi connectivity index (χ4v) is 6.34. The predicted octanol–water partition coefficient (Wildman–Crippen LogP) is 5.08. The molecule has 0 unspecified atom stereocenters. The molecule has 2 heterocycles. The Morgan fingerprint density at radius 1 is 0.921 bits per heavy atom. The number of nitrogens with zero attached hydrogens (tertiary/aromatic N) is 5. The molecule has 9 heteroatoms. The molecule has 38 heavy (non-hydrogen) atoms. The van der Waals surface area contributed by atoms with E-state index in [1.54, 1.807) is 31.3 Å². The Morgan fingerprint density at radius 2 is 1.63 bits per heavy atom. The number of likely N-dealkylation sites (N-methyl/N-ethyl adjacent to an activating group) is 1. The van der Waals surface area contributed by atoms with Crippen LogP contribution < -0.4 is 5.32 Å². The van der Waals surface area contributed by atoms with Crippen molar-refractivity contribution in [3.05, 3.63) is 71.3 Å². The van der Waals surface area contributed by atoms with E-state index in [-0.39, 0.29) is 4.90 Å². The quantitative estimate of drug-likeness (QED) is 0.340. The molecule has 0 radical (unpaired) electrons. The van der Waals surface area contributed by atoms with Gasteiger partial charge in [-0.1, -0.05) is 24.3 Å². The van der Waals surface area contributed by atoms with Crippen LogP contribution in [0.5, 0.6) is 0 Å². The molecule has 1 aliphatic rings. The molecular weight excluding hydrogens is 496 g/mol. The van der Waals surface area contributed by atoms with Crippen LogP contribution in [-0.2, 0) is 10.0 Å². The molecule has 1 N–H and O–H groups in total. The normalized spacial score (nSPS) is 14.4. The van der Waals surface area contributed by atoms with Crippen LogP contribution >= 0.6 is 0 Å². The maximum Gasteiger partial charge on any atom is 0.247 e. The molecule has 3 aromatic carbocycles. The van der Waals surface area contributed by atoms with E-state index in [1.807, 2.05) is 13.0 Å². The number of anilines is 2. The van der Waals surface area contributed by atoms with Gasteiger partial charge in [-0.15, -0.1) is 10.2 Å². The van der Waals surface area contributed by atoms with Crippen molar-refractivity contribution in [3.8, 4) is 11.1 Å². The number of aryl methyl sites for hydroxylation is 3. The lowest BCUT2D eigenvalue weighted by atomic mass is 9.94. The molecule has 0 spiro atoms. The number of nitrogens with one attached hydrogen (secondary N) is 1. The fourth-order valence-electron chi connectivity index (χ4n) is 5.13. The number of fused-ring (bicyclic) bond motifs is 1. The highest BCUT2D eigenvalue weighted by Crippen LogP contribution is 2.31. The van der Waals surface area contributed by atoms with Crippen LogP contribution in [0.2, 0.25) is 0 Å². The average Bonchev–Trinajstić information content (AvgIpc) is 3.41. The van der Waals surface area contributed by atoms with Gasteiger partial charge in [0.25, 0.3) is 0 Å². The highest BCUT2D eigenvalue weighted by Gasteiger charge is 2.22. The van der Waals surface area contributed by atoms with Crippen molar-refractivity contribution in [2.24, 2.45) is 0 Å². The van der Waals surface area contributed by atoms with E-state index in [9.17, 15) is 8.42 Å². The summed E-state index contributed by atoms with van der Waals surface area (Å²) in [6, 6.07) is 17.2. The van der Waals surface area contributed by atoms with Crippen molar-refractivity contribution < 1.29 is 8.42 Å². The van der Waals surface area contributed by atoms with Crippen molar-refractivity contribution in [1.29, 1.82) is 0 Å². The third kappa shape index (κ3) is 5.41. The van der Waals surface area contributed by atoms with Crippen molar-refractivity contribution in [3.63, 3.8) is 0 Å². The molecule has 5 rings (SSSR count). The maximum absolute atomic E-state index is 13.2. The summed E-state index contributed by atoms with van der Waals surface area (Å²) in [6.45, 7) is 9.52. The second-order valence-electron chi connectivity index (χ2n) is 10.1. The summed E-state index contributed by atoms with van der Waals surface area (Å²) in [5, 5.41) is 11.9. The zero-order chi connectivity index (χ0) is 26.9. The molecule has 0 bridgehead atoms. The Labute approximate surface area is 224 Å². The highest BCUT2D eigenvalue weighted by atomic mass is 32.2. The Hall–Kier alpha value is -3.40. The van der Waals surface area contributed by atoms with Crippen molar-refractivity contribution in [1.82, 2.24) is 24.4 Å². The lowest BCUT2D eigenvalue weighted by molar-refractivity contribution is 0.310. The maximum atomic E-state index is 13.2. The van der Waals surface area contributed by atoms with Gasteiger partial charge < -0.3 is 10.2 Å². The Balaban J connectivity index is 1.37. The van der Waals surface area contributed by atoms with Gasteiger partial charge in [0.15, 0.2) is 0 Å². The van der Waals surface area contributed by atoms with Crippen LogP contribution in [0.1, 0.15) is 29.5 Å². The summed E-state index contributed by atoms with van der Waals surface area (Å²) in [5.41, 5.74) is 7.75. The lowest BCUT2D eigenvalue weighted by Crippen LogP contribution is -2.35. The Kier molecular flexibility index (Phi) is 7.43. The zero-order valence-corrected chi connectivity index (χ0v) is 23.2. The topological polar surface area (TPSA) is 91.3 Å². The van der Waals surface area contributed by atoms with E-state index < -0.39 is 10.0 Å². The molecule has 0 amide bonds. The average molecular weight is 531 g/mol. The van der Waals surface area contributed by atoms with Crippen LogP contribution in [0, 0.1) is 20.8 Å². The molecule has 1 aromatic heterocycles. The largest absolute Gasteiger partial charge is 0.323 e. The molecule has 1 aliphatic heterocycles. The van der Waals surface area contributed by atoms with E-state index in [4.69, 9.17) is 4.98 Å². The lowest BCUT2D eigenvalue weighted by Gasteiger charge is -2.21. The van der Waals surface area contributed by atoms with E-state index >= 15 is 0 Å². The van der Waals surface area contributed by atoms with E-state index in [2.05, 4.69) is 58.5 Å². The molecule has 0 atom stereocenters. The van der Waals surface area contributed by atoms with Gasteiger partial charge in [-0.05, 0) is 105 Å². The fraction of sp³-hybridized carbons (Fsp3) is 0.345. The zero-order valence-electron chi connectivity index (χ0n) is 22.4. The predicted molar refractivity (Wildman–Crippen MR) is 152 cm³/mol. The first-order chi connectivity index (χ1) is 18.2. The van der Waals surface area contributed by atoms with Gasteiger partial charge in [0.05, 0.1) is 10.4 Å². The minimum atomic E-state index is -3.61. The van der Waals surface area contributed by atoms with Gasteiger partial charge >= 0.3 is 0 Å². The van der Waals surface area contributed by atoms with Crippen LogP contribution in [0.15, 0.2) is 59.5 Å². The molecule has 1 saturated heterocycles. The monoisotopic (exact) mass is 530 g/mol. The second kappa shape index (κ2) is 10.8. The van der Waals surface area contributed by atoms with Crippen molar-refractivity contribution >= 4 is 32.7 Å². The molecule has 1 fully saturated rings. The summed E-state index contributed by atoms with van der Waals surface area (Å²) in [7, 11) is -1.98. The number of sulfonamides is 1. The molecular formula is C29H34N6O2S. The molecule has 0 saturated carbocycles. The van der Waals surface area contributed by atoms with Crippen LogP contribution in [-0.4, -0.2) is 66.0 Å². The summed E-state index contributed by atoms with van der Waals surface area (Å²) >= 11 is 0. The first-order valence-corrected chi connectivity index (χ1v) is 14.4. The third-order valence-corrected chi connectivity index (χ3v) is 9.10. The van der Waals surface area contributed by atoms with Crippen LogP contribution in [0.3, 0.4) is 0 Å². The first kappa shape index (κ1) is 26.2. The Bertz CT molecular complexity index is 1560. The molecule has 8 nitrogen and oxygen atoms in total. The summed E-state index contributed by atoms with van der Waals surface area (Å²) in [6.07, 6.45) is 2.37. The summed E-state index contributed by atoms with van der Waals surface area (Å²) in [4.78, 5) is 7.24. The van der Waals surface area contributed by atoms with Gasteiger partial charge in [0, 0.05) is 25.8 Å². The van der Waals surface area contributed by atoms with Gasteiger partial charge in [0.1, 0.15) is 5.52 Å².